The van der Waals surface area contributed by atoms with Crippen LogP contribution in [0.15, 0.2) is 24.3 Å². The average Bonchev–Trinajstić information content (AvgIpc) is 2.30. The zero-order valence-electron chi connectivity index (χ0n) is 9.58. The number of nitriles is 1. The Hall–Kier alpha value is -1.08. The third-order valence-corrected chi connectivity index (χ3v) is 3.21. The number of hydrogen-bond acceptors (Lipinski definition) is 3. The predicted octanol–water partition coefficient (Wildman–Crippen LogP) is 2.01. The molecule has 0 amide bonds. The number of hydrogen-bond donors (Lipinski definition) is 1. The van der Waals surface area contributed by atoms with Gasteiger partial charge in [0, 0.05) is 11.6 Å². The maximum absolute atomic E-state index is 9.00. The van der Waals surface area contributed by atoms with Crippen molar-refractivity contribution in [2.45, 2.75) is 6.42 Å². The summed E-state index contributed by atoms with van der Waals surface area (Å²) in [6, 6.07) is 10.2. The van der Waals surface area contributed by atoms with Crippen LogP contribution in [0.1, 0.15) is 5.56 Å². The SMILES string of the molecule is N#CC1(CNCCc2ccc(Cl)cc2)COC1. The van der Waals surface area contributed by atoms with Gasteiger partial charge >= 0.3 is 0 Å². The first-order valence-electron chi connectivity index (χ1n) is 5.68. The van der Waals surface area contributed by atoms with Crippen molar-refractivity contribution in [3.63, 3.8) is 0 Å². The van der Waals surface area contributed by atoms with Crippen LogP contribution in [0.5, 0.6) is 0 Å². The topological polar surface area (TPSA) is 45.0 Å². The molecule has 0 radical (unpaired) electrons. The average molecular weight is 251 g/mol. The molecule has 1 aromatic rings. The second kappa shape index (κ2) is 5.50. The molecule has 0 aliphatic carbocycles. The van der Waals surface area contributed by atoms with E-state index in [2.05, 4.69) is 11.4 Å². The van der Waals surface area contributed by atoms with Gasteiger partial charge in [-0.1, -0.05) is 23.7 Å². The summed E-state index contributed by atoms with van der Waals surface area (Å²) in [4.78, 5) is 0. The molecule has 90 valence electrons. The molecule has 3 nitrogen and oxygen atoms in total. The van der Waals surface area contributed by atoms with Gasteiger partial charge in [0.1, 0.15) is 5.41 Å². The molecule has 0 unspecified atom stereocenters. The summed E-state index contributed by atoms with van der Waals surface area (Å²) in [5, 5.41) is 13.1. The van der Waals surface area contributed by atoms with Crippen molar-refractivity contribution in [1.82, 2.24) is 5.32 Å². The fourth-order valence-corrected chi connectivity index (χ4v) is 1.89. The molecule has 2 rings (SSSR count). The summed E-state index contributed by atoms with van der Waals surface area (Å²) in [5.74, 6) is 0. The molecule has 1 N–H and O–H groups in total. The second-order valence-electron chi connectivity index (χ2n) is 4.44. The van der Waals surface area contributed by atoms with E-state index in [9.17, 15) is 0 Å². The Bertz CT molecular complexity index is 406. The van der Waals surface area contributed by atoms with Gasteiger partial charge in [0.05, 0.1) is 19.3 Å². The number of ether oxygens (including phenoxy) is 1. The summed E-state index contributed by atoms with van der Waals surface area (Å²) in [6.07, 6.45) is 0.944. The lowest BCUT2D eigenvalue weighted by molar-refractivity contribution is -0.0752. The fraction of sp³-hybridized carbons (Fsp3) is 0.462. The number of nitrogens with one attached hydrogen (secondary N) is 1. The molecule has 1 heterocycles. The van der Waals surface area contributed by atoms with Crippen molar-refractivity contribution in [2.75, 3.05) is 26.3 Å². The highest BCUT2D eigenvalue weighted by Crippen LogP contribution is 2.25. The highest BCUT2D eigenvalue weighted by molar-refractivity contribution is 6.30. The fourth-order valence-electron chi connectivity index (χ4n) is 1.77. The van der Waals surface area contributed by atoms with Crippen LogP contribution in [0.25, 0.3) is 0 Å². The molecule has 0 saturated carbocycles. The van der Waals surface area contributed by atoms with Gasteiger partial charge < -0.3 is 10.1 Å². The van der Waals surface area contributed by atoms with Crippen molar-refractivity contribution in [1.29, 1.82) is 5.26 Å². The normalized spacial score (nSPS) is 17.2. The number of nitrogens with zero attached hydrogens (tertiary/aromatic N) is 1. The van der Waals surface area contributed by atoms with Gasteiger partial charge in [-0.3, -0.25) is 0 Å². The van der Waals surface area contributed by atoms with Crippen molar-refractivity contribution in [2.24, 2.45) is 5.41 Å². The van der Waals surface area contributed by atoms with Crippen molar-refractivity contribution in [3.8, 4) is 6.07 Å². The second-order valence-corrected chi connectivity index (χ2v) is 4.87. The summed E-state index contributed by atoms with van der Waals surface area (Å²) >= 11 is 5.81. The molecule has 1 aromatic carbocycles. The van der Waals surface area contributed by atoms with Crippen molar-refractivity contribution < 1.29 is 4.74 Å². The van der Waals surface area contributed by atoms with Crippen LogP contribution in [0.3, 0.4) is 0 Å². The highest BCUT2D eigenvalue weighted by Gasteiger charge is 2.38. The lowest BCUT2D eigenvalue weighted by Gasteiger charge is -2.35. The van der Waals surface area contributed by atoms with Crippen molar-refractivity contribution in [3.05, 3.63) is 34.9 Å². The molecule has 17 heavy (non-hydrogen) atoms. The Morgan fingerprint density at radius 3 is 2.59 bits per heavy atom. The lowest BCUT2D eigenvalue weighted by atomic mass is 9.88. The van der Waals surface area contributed by atoms with Gasteiger partial charge in [-0.05, 0) is 30.7 Å². The molecule has 0 bridgehead atoms. The number of benzene rings is 1. The predicted molar refractivity (Wildman–Crippen MR) is 66.9 cm³/mol. The Labute approximate surface area is 106 Å². The van der Waals surface area contributed by atoms with Crippen LogP contribution >= 0.6 is 11.6 Å². The minimum Gasteiger partial charge on any atom is -0.378 e. The zero-order valence-corrected chi connectivity index (χ0v) is 10.3. The maximum Gasteiger partial charge on any atom is 0.116 e. The first-order valence-corrected chi connectivity index (χ1v) is 6.06. The Kier molecular flexibility index (Phi) is 4.01. The van der Waals surface area contributed by atoms with E-state index in [-0.39, 0.29) is 5.41 Å². The van der Waals surface area contributed by atoms with E-state index >= 15 is 0 Å². The molecular formula is C13H15ClN2O. The van der Waals surface area contributed by atoms with E-state index in [1.54, 1.807) is 0 Å². The standard InChI is InChI=1S/C13H15ClN2O/c14-12-3-1-11(2-4-12)5-6-16-8-13(7-15)9-17-10-13/h1-4,16H,5-6,8-10H2. The van der Waals surface area contributed by atoms with Crippen LogP contribution < -0.4 is 5.32 Å². The number of rotatable bonds is 5. The largest absolute Gasteiger partial charge is 0.378 e. The summed E-state index contributed by atoms with van der Waals surface area (Å²) in [5.41, 5.74) is 0.956. The van der Waals surface area contributed by atoms with Gasteiger partial charge in [-0.15, -0.1) is 0 Å². The molecule has 4 heteroatoms. The minimum atomic E-state index is -0.292. The molecule has 0 aromatic heterocycles. The third-order valence-electron chi connectivity index (χ3n) is 2.96. The molecule has 1 aliphatic heterocycles. The Morgan fingerprint density at radius 2 is 2.06 bits per heavy atom. The van der Waals surface area contributed by atoms with Crippen LogP contribution in [0.4, 0.5) is 0 Å². The first kappa shape index (κ1) is 12.4. The van der Waals surface area contributed by atoms with E-state index < -0.39 is 0 Å². The molecule has 0 atom stereocenters. The molecule has 1 saturated heterocycles. The van der Waals surface area contributed by atoms with E-state index in [1.807, 2.05) is 24.3 Å². The molecule has 0 spiro atoms. The monoisotopic (exact) mass is 250 g/mol. The Balaban J connectivity index is 1.70. The van der Waals surface area contributed by atoms with Gasteiger partial charge in [-0.2, -0.15) is 5.26 Å². The quantitative estimate of drug-likeness (QED) is 0.814. The lowest BCUT2D eigenvalue weighted by Crippen LogP contribution is -2.48. The zero-order chi connectivity index (χ0) is 12.1. The van der Waals surface area contributed by atoms with Gasteiger partial charge in [0.2, 0.25) is 0 Å². The number of halogens is 1. The van der Waals surface area contributed by atoms with E-state index in [4.69, 9.17) is 21.6 Å². The minimum absolute atomic E-state index is 0.292. The van der Waals surface area contributed by atoms with Crippen molar-refractivity contribution >= 4 is 11.6 Å². The van der Waals surface area contributed by atoms with Crippen LogP contribution in [0, 0.1) is 16.7 Å². The maximum atomic E-state index is 9.00. The van der Waals surface area contributed by atoms with E-state index in [0.29, 0.717) is 19.8 Å². The third kappa shape index (κ3) is 3.19. The van der Waals surface area contributed by atoms with Gasteiger partial charge in [-0.25, -0.2) is 0 Å². The molecule has 1 aliphatic rings. The Morgan fingerprint density at radius 1 is 1.35 bits per heavy atom. The van der Waals surface area contributed by atoms with Crippen LogP contribution in [0.2, 0.25) is 5.02 Å². The van der Waals surface area contributed by atoms with E-state index in [1.165, 1.54) is 5.56 Å². The highest BCUT2D eigenvalue weighted by atomic mass is 35.5. The van der Waals surface area contributed by atoms with Gasteiger partial charge in [0.15, 0.2) is 0 Å². The van der Waals surface area contributed by atoms with Crippen LogP contribution in [-0.2, 0) is 11.2 Å². The summed E-state index contributed by atoms with van der Waals surface area (Å²) in [6.45, 7) is 2.68. The van der Waals surface area contributed by atoms with Gasteiger partial charge in [0.25, 0.3) is 0 Å². The smallest absolute Gasteiger partial charge is 0.116 e. The first-order chi connectivity index (χ1) is 8.24. The van der Waals surface area contributed by atoms with Crippen LogP contribution in [-0.4, -0.2) is 26.3 Å². The summed E-state index contributed by atoms with van der Waals surface area (Å²) < 4.78 is 5.08. The van der Waals surface area contributed by atoms with E-state index in [0.717, 1.165) is 18.0 Å². The summed E-state index contributed by atoms with van der Waals surface area (Å²) in [7, 11) is 0. The molecular weight excluding hydrogens is 236 g/mol. The molecule has 1 fully saturated rings.